The van der Waals surface area contributed by atoms with Gasteiger partial charge in [0.2, 0.25) is 0 Å². The van der Waals surface area contributed by atoms with Gasteiger partial charge in [0.15, 0.2) is 5.78 Å². The highest BCUT2D eigenvalue weighted by molar-refractivity contribution is 7.80. The topological polar surface area (TPSA) is 80.7 Å². The molecule has 0 saturated carbocycles. The summed E-state index contributed by atoms with van der Waals surface area (Å²) in [6.45, 7) is 3.48. The zero-order chi connectivity index (χ0) is 16.1. The molecule has 0 amide bonds. The molecule has 0 aliphatic rings. The van der Waals surface area contributed by atoms with Gasteiger partial charge in [-0.3, -0.25) is 9.35 Å². The van der Waals surface area contributed by atoms with E-state index in [1.54, 1.807) is 0 Å². The molecule has 6 heteroatoms. The lowest BCUT2D eigenvalue weighted by Crippen LogP contribution is -2.25. The average Bonchev–Trinajstić information content (AvgIpc) is 2.38. The first kappa shape index (κ1) is 20.5. The molecule has 1 unspecified atom stereocenters. The molecule has 0 heterocycles. The van der Waals surface area contributed by atoms with Crippen LogP contribution in [0, 0.1) is 0 Å². The molecule has 0 aromatic rings. The third-order valence-corrected chi connectivity index (χ3v) is 3.99. The SMILES string of the molecule is CCCCCCCCCCCCC(OS(=O)(=O)O)C(C)=O. The summed E-state index contributed by atoms with van der Waals surface area (Å²) in [4.78, 5) is 11.2. The molecule has 1 atom stereocenters. The van der Waals surface area contributed by atoms with E-state index in [9.17, 15) is 13.2 Å². The van der Waals surface area contributed by atoms with Gasteiger partial charge in [0.1, 0.15) is 6.10 Å². The molecule has 0 aromatic heterocycles. The fraction of sp³-hybridized carbons (Fsp3) is 0.933. The number of hydrogen-bond acceptors (Lipinski definition) is 4. The number of Topliss-reactive ketones (excluding diaryl/α,β-unsaturated/α-hetero) is 1. The summed E-state index contributed by atoms with van der Waals surface area (Å²) in [6, 6.07) is 0. The number of hydrogen-bond donors (Lipinski definition) is 1. The molecule has 0 saturated heterocycles. The van der Waals surface area contributed by atoms with Gasteiger partial charge in [0.25, 0.3) is 0 Å². The molecule has 126 valence electrons. The van der Waals surface area contributed by atoms with Crippen LogP contribution in [0.3, 0.4) is 0 Å². The molecule has 0 rings (SSSR count). The monoisotopic (exact) mass is 322 g/mol. The quantitative estimate of drug-likeness (QED) is 0.385. The highest BCUT2D eigenvalue weighted by Crippen LogP contribution is 2.14. The van der Waals surface area contributed by atoms with Gasteiger partial charge in [-0.25, -0.2) is 4.18 Å². The van der Waals surface area contributed by atoms with Crippen molar-refractivity contribution in [2.45, 2.75) is 90.6 Å². The van der Waals surface area contributed by atoms with Gasteiger partial charge in [0, 0.05) is 0 Å². The Bertz CT molecular complexity index is 364. The molecule has 0 aliphatic heterocycles. The van der Waals surface area contributed by atoms with E-state index in [0.717, 1.165) is 19.3 Å². The third kappa shape index (κ3) is 14.2. The third-order valence-electron chi connectivity index (χ3n) is 3.51. The summed E-state index contributed by atoms with van der Waals surface area (Å²) in [5.74, 6) is -0.372. The van der Waals surface area contributed by atoms with Crippen molar-refractivity contribution >= 4 is 16.2 Å². The first-order chi connectivity index (χ1) is 9.87. The highest BCUT2D eigenvalue weighted by atomic mass is 32.3. The molecule has 0 fully saturated rings. The average molecular weight is 322 g/mol. The van der Waals surface area contributed by atoms with Crippen LogP contribution in [0.15, 0.2) is 0 Å². The lowest BCUT2D eigenvalue weighted by Gasteiger charge is -2.11. The normalized spacial score (nSPS) is 13.3. The second kappa shape index (κ2) is 12.1. The number of unbranched alkanes of at least 4 members (excludes halogenated alkanes) is 9. The Balaban J connectivity index is 3.57. The van der Waals surface area contributed by atoms with E-state index in [1.165, 1.54) is 51.9 Å². The van der Waals surface area contributed by atoms with Gasteiger partial charge in [-0.2, -0.15) is 8.42 Å². The van der Waals surface area contributed by atoms with Gasteiger partial charge in [0.05, 0.1) is 0 Å². The molecule has 0 aromatic carbocycles. The van der Waals surface area contributed by atoms with Crippen molar-refractivity contribution in [3.63, 3.8) is 0 Å². The maximum Gasteiger partial charge on any atom is 0.398 e. The second-order valence-electron chi connectivity index (χ2n) is 5.59. The lowest BCUT2D eigenvalue weighted by molar-refractivity contribution is -0.124. The van der Waals surface area contributed by atoms with Crippen LogP contribution < -0.4 is 0 Å². The van der Waals surface area contributed by atoms with Crippen LogP contribution in [0.4, 0.5) is 0 Å². The minimum Gasteiger partial charge on any atom is -0.297 e. The van der Waals surface area contributed by atoms with Crippen molar-refractivity contribution < 1.29 is 21.9 Å². The van der Waals surface area contributed by atoms with Crippen molar-refractivity contribution in [2.24, 2.45) is 0 Å². The van der Waals surface area contributed by atoms with Gasteiger partial charge >= 0.3 is 10.4 Å². The fourth-order valence-corrected chi connectivity index (χ4v) is 2.81. The number of carbonyl (C=O) groups is 1. The van der Waals surface area contributed by atoms with Gasteiger partial charge in [-0.15, -0.1) is 0 Å². The first-order valence-corrected chi connectivity index (χ1v) is 9.39. The van der Waals surface area contributed by atoms with E-state index in [4.69, 9.17) is 4.55 Å². The maximum absolute atomic E-state index is 11.2. The molecule has 0 radical (unpaired) electrons. The highest BCUT2D eigenvalue weighted by Gasteiger charge is 2.20. The Kier molecular flexibility index (Phi) is 11.9. The summed E-state index contributed by atoms with van der Waals surface area (Å²) < 4.78 is 34.2. The van der Waals surface area contributed by atoms with Crippen molar-refractivity contribution in [3.8, 4) is 0 Å². The van der Waals surface area contributed by atoms with Crippen LogP contribution in [0.1, 0.15) is 84.5 Å². The van der Waals surface area contributed by atoms with E-state index in [1.807, 2.05) is 0 Å². The van der Waals surface area contributed by atoms with Gasteiger partial charge in [-0.05, 0) is 13.3 Å². The van der Waals surface area contributed by atoms with Crippen LogP contribution >= 0.6 is 0 Å². The van der Waals surface area contributed by atoms with E-state index in [-0.39, 0.29) is 5.78 Å². The number of rotatable bonds is 14. The van der Waals surface area contributed by atoms with Crippen LogP contribution in [0.5, 0.6) is 0 Å². The number of carbonyl (C=O) groups excluding carboxylic acids is 1. The Morgan fingerprint density at radius 2 is 1.38 bits per heavy atom. The standard InChI is InChI=1S/C15H30O5S/c1-3-4-5-6-7-8-9-10-11-12-13-15(14(2)16)20-21(17,18)19/h15H,3-13H2,1-2H3,(H,17,18,19). The van der Waals surface area contributed by atoms with Crippen molar-refractivity contribution in [1.29, 1.82) is 0 Å². The van der Waals surface area contributed by atoms with E-state index in [2.05, 4.69) is 11.1 Å². The molecule has 1 N–H and O–H groups in total. The van der Waals surface area contributed by atoms with Crippen molar-refractivity contribution in [3.05, 3.63) is 0 Å². The molecular weight excluding hydrogens is 292 g/mol. The zero-order valence-corrected chi connectivity index (χ0v) is 14.2. The molecule has 0 aliphatic carbocycles. The van der Waals surface area contributed by atoms with Crippen LogP contribution in [0.2, 0.25) is 0 Å². The molecule has 5 nitrogen and oxygen atoms in total. The Morgan fingerprint density at radius 3 is 1.76 bits per heavy atom. The molecule has 0 spiro atoms. The zero-order valence-electron chi connectivity index (χ0n) is 13.3. The Labute approximate surface area is 129 Å². The predicted molar refractivity (Wildman–Crippen MR) is 83.6 cm³/mol. The predicted octanol–water partition coefficient (Wildman–Crippen LogP) is 4.07. The first-order valence-electron chi connectivity index (χ1n) is 8.03. The van der Waals surface area contributed by atoms with Gasteiger partial charge < -0.3 is 0 Å². The molecule has 21 heavy (non-hydrogen) atoms. The van der Waals surface area contributed by atoms with E-state index in [0.29, 0.717) is 6.42 Å². The van der Waals surface area contributed by atoms with E-state index >= 15 is 0 Å². The number of ketones is 1. The summed E-state index contributed by atoms with van der Waals surface area (Å²) in [7, 11) is -4.55. The van der Waals surface area contributed by atoms with Crippen LogP contribution in [0.25, 0.3) is 0 Å². The Morgan fingerprint density at radius 1 is 0.952 bits per heavy atom. The smallest absolute Gasteiger partial charge is 0.297 e. The Hall–Kier alpha value is -0.460. The van der Waals surface area contributed by atoms with E-state index < -0.39 is 16.5 Å². The van der Waals surface area contributed by atoms with Crippen molar-refractivity contribution in [2.75, 3.05) is 0 Å². The largest absolute Gasteiger partial charge is 0.398 e. The summed E-state index contributed by atoms with van der Waals surface area (Å²) in [6.07, 6.45) is 11.0. The fourth-order valence-electron chi connectivity index (χ4n) is 2.28. The molecular formula is C15H30O5S. The second-order valence-corrected chi connectivity index (χ2v) is 6.64. The van der Waals surface area contributed by atoms with Gasteiger partial charge in [-0.1, -0.05) is 71.1 Å². The minimum absolute atomic E-state index is 0.339. The minimum atomic E-state index is -4.55. The summed E-state index contributed by atoms with van der Waals surface area (Å²) >= 11 is 0. The van der Waals surface area contributed by atoms with Crippen LogP contribution in [-0.4, -0.2) is 24.9 Å². The summed E-state index contributed by atoms with van der Waals surface area (Å²) in [5, 5.41) is 0. The maximum atomic E-state index is 11.2. The van der Waals surface area contributed by atoms with Crippen LogP contribution in [-0.2, 0) is 19.4 Å². The van der Waals surface area contributed by atoms with Crippen molar-refractivity contribution in [1.82, 2.24) is 0 Å². The molecule has 0 bridgehead atoms. The lowest BCUT2D eigenvalue weighted by atomic mass is 10.0. The summed E-state index contributed by atoms with van der Waals surface area (Å²) in [5.41, 5.74) is 0.